The predicted octanol–water partition coefficient (Wildman–Crippen LogP) is 13.5. The third-order valence-corrected chi connectivity index (χ3v) is 11.9. The van der Waals surface area contributed by atoms with E-state index in [1.807, 2.05) is 0 Å². The summed E-state index contributed by atoms with van der Waals surface area (Å²) < 4.78 is 2.46. The second-order valence-electron chi connectivity index (χ2n) is 14.9. The van der Waals surface area contributed by atoms with Crippen LogP contribution in [0, 0.1) is 0 Å². The van der Waals surface area contributed by atoms with Crippen LogP contribution in [0.25, 0.3) is 60.1 Å². The number of rotatable bonds is 2. The first-order chi connectivity index (χ1) is 26.8. The van der Waals surface area contributed by atoms with Crippen LogP contribution >= 0.6 is 0 Å². The summed E-state index contributed by atoms with van der Waals surface area (Å²) in [5, 5.41) is 7.56. The zero-order valence-corrected chi connectivity index (χ0v) is 30.0. The molecule has 54 heavy (non-hydrogen) atoms. The van der Waals surface area contributed by atoms with E-state index in [4.69, 9.17) is 4.99 Å². The molecule has 1 aliphatic heterocycles. The van der Waals surface area contributed by atoms with Gasteiger partial charge >= 0.3 is 0 Å². The van der Waals surface area contributed by atoms with Crippen molar-refractivity contribution < 1.29 is 0 Å². The van der Waals surface area contributed by atoms with Gasteiger partial charge in [0.15, 0.2) is 0 Å². The van der Waals surface area contributed by atoms with Gasteiger partial charge in [-0.05, 0) is 117 Å². The summed E-state index contributed by atoms with van der Waals surface area (Å²) in [5.74, 6) is 1.25. The Bertz CT molecular complexity index is 3010. The van der Waals surface area contributed by atoms with Crippen LogP contribution in [-0.4, -0.2) is 10.4 Å². The molecular formula is C52H38N2. The molecule has 0 saturated heterocycles. The van der Waals surface area contributed by atoms with Crippen molar-refractivity contribution in [2.24, 2.45) is 4.99 Å². The number of hydrogen-bond donors (Lipinski definition) is 0. The maximum absolute atomic E-state index is 5.65. The summed E-state index contributed by atoms with van der Waals surface area (Å²) >= 11 is 0. The van der Waals surface area contributed by atoms with E-state index in [0.29, 0.717) is 0 Å². The smallest absolute Gasteiger partial charge is 0.145 e. The molecule has 0 saturated carbocycles. The van der Waals surface area contributed by atoms with E-state index in [-0.39, 0.29) is 5.92 Å². The molecule has 0 amide bonds. The zero-order valence-electron chi connectivity index (χ0n) is 30.0. The van der Waals surface area contributed by atoms with Gasteiger partial charge in [0.2, 0.25) is 0 Å². The second kappa shape index (κ2) is 12.6. The van der Waals surface area contributed by atoms with Crippen LogP contribution in [0.15, 0.2) is 181 Å². The van der Waals surface area contributed by atoms with E-state index >= 15 is 0 Å². The van der Waals surface area contributed by atoms with Gasteiger partial charge in [0.1, 0.15) is 5.84 Å². The number of nitrogens with zero attached hydrogens (tertiary/aromatic N) is 2. The van der Waals surface area contributed by atoms with Gasteiger partial charge in [0.25, 0.3) is 0 Å². The topological polar surface area (TPSA) is 17.3 Å². The lowest BCUT2D eigenvalue weighted by Gasteiger charge is -2.20. The van der Waals surface area contributed by atoms with Gasteiger partial charge in [0.05, 0.1) is 16.7 Å². The highest BCUT2D eigenvalue weighted by molar-refractivity contribution is 6.32. The standard InChI is InChI=1S/C52H38N2/c1-2-16-38-32-39(25-24-34(38)12-1)44-22-11-17-37-15-5-10-23-48(37)53-52(44)54-49-30-28-40(33-47(49)51-43-19-7-4-14-36(43)27-31-50(51)54)42-29-26-35-13-3-6-18-41(35)45-20-8-9-21-46(42)45/h1-10,12-16,18-25,27-28,30-33,42H,11,17,26,29H2. The molecule has 2 heterocycles. The van der Waals surface area contributed by atoms with Gasteiger partial charge in [0, 0.05) is 22.3 Å². The van der Waals surface area contributed by atoms with Crippen LogP contribution in [-0.2, 0) is 12.8 Å². The molecule has 1 unspecified atom stereocenters. The highest BCUT2D eigenvalue weighted by Crippen LogP contribution is 2.44. The number of benzene rings is 8. The van der Waals surface area contributed by atoms with Crippen LogP contribution in [0.5, 0.6) is 0 Å². The fraction of sp³-hybridized carbons (Fsp3) is 0.0962. The minimum Gasteiger partial charge on any atom is -0.293 e. The molecule has 1 aromatic heterocycles. The van der Waals surface area contributed by atoms with E-state index in [9.17, 15) is 0 Å². The Morgan fingerprint density at radius 2 is 1.24 bits per heavy atom. The van der Waals surface area contributed by atoms with Crippen molar-refractivity contribution in [1.29, 1.82) is 0 Å². The Morgan fingerprint density at radius 1 is 0.519 bits per heavy atom. The zero-order chi connectivity index (χ0) is 35.6. The molecule has 11 rings (SSSR count). The SMILES string of the molecule is C1=C(c2ccc3ccccc3c2)C(n2c3ccc(C4CCc5ccccc5-c5ccccc54)cc3c3c4ccccc4ccc32)=Nc2ccccc2CC1. The number of para-hydroxylation sites is 1. The van der Waals surface area contributed by atoms with Crippen molar-refractivity contribution in [3.63, 3.8) is 0 Å². The van der Waals surface area contributed by atoms with E-state index in [0.717, 1.165) is 37.2 Å². The van der Waals surface area contributed by atoms with Gasteiger partial charge in [-0.2, -0.15) is 0 Å². The highest BCUT2D eigenvalue weighted by atomic mass is 15.1. The first kappa shape index (κ1) is 31.1. The van der Waals surface area contributed by atoms with Crippen LogP contribution in [0.3, 0.4) is 0 Å². The van der Waals surface area contributed by atoms with Crippen molar-refractivity contribution in [1.82, 2.24) is 4.57 Å². The van der Waals surface area contributed by atoms with E-state index in [1.54, 1.807) is 0 Å². The van der Waals surface area contributed by atoms with Crippen molar-refractivity contribution >= 4 is 60.4 Å². The van der Waals surface area contributed by atoms with Crippen LogP contribution in [0.1, 0.15) is 46.6 Å². The van der Waals surface area contributed by atoms with Gasteiger partial charge < -0.3 is 0 Å². The number of aromatic nitrogens is 1. The maximum atomic E-state index is 5.65. The van der Waals surface area contributed by atoms with Crippen LogP contribution in [0.2, 0.25) is 0 Å². The van der Waals surface area contributed by atoms with Crippen LogP contribution in [0.4, 0.5) is 5.69 Å². The van der Waals surface area contributed by atoms with Gasteiger partial charge in [-0.25, -0.2) is 4.99 Å². The predicted molar refractivity (Wildman–Crippen MR) is 228 cm³/mol. The van der Waals surface area contributed by atoms with E-state index in [1.165, 1.54) is 87.9 Å². The van der Waals surface area contributed by atoms with E-state index in [2.05, 4.69) is 181 Å². The number of aryl methyl sites for hydroxylation is 2. The molecule has 0 bridgehead atoms. The lowest BCUT2D eigenvalue weighted by atomic mass is 9.85. The Kier molecular flexibility index (Phi) is 7.23. The third-order valence-electron chi connectivity index (χ3n) is 11.9. The average Bonchev–Trinajstić information content (AvgIpc) is 3.45. The maximum Gasteiger partial charge on any atom is 0.145 e. The van der Waals surface area contributed by atoms with Gasteiger partial charge in [-0.15, -0.1) is 0 Å². The summed E-state index contributed by atoms with van der Waals surface area (Å²) in [6.45, 7) is 0. The summed E-state index contributed by atoms with van der Waals surface area (Å²) in [7, 11) is 0. The molecule has 9 aromatic rings. The second-order valence-corrected chi connectivity index (χ2v) is 14.9. The normalized spacial score (nSPS) is 15.5. The third kappa shape index (κ3) is 4.98. The van der Waals surface area contributed by atoms with E-state index < -0.39 is 0 Å². The first-order valence-corrected chi connectivity index (χ1v) is 19.3. The number of allylic oxidation sites excluding steroid dienone is 2. The molecule has 2 aliphatic rings. The largest absolute Gasteiger partial charge is 0.293 e. The minimum absolute atomic E-state index is 0.282. The summed E-state index contributed by atoms with van der Waals surface area (Å²) in [6, 6.07) is 63.0. The molecule has 2 nitrogen and oxygen atoms in total. The fourth-order valence-electron chi connectivity index (χ4n) is 9.34. The fourth-order valence-corrected chi connectivity index (χ4v) is 9.34. The Balaban J connectivity index is 1.19. The Labute approximate surface area is 315 Å². The molecule has 2 heteroatoms. The average molecular weight is 691 g/mol. The lowest BCUT2D eigenvalue weighted by molar-refractivity contribution is 0.727. The van der Waals surface area contributed by atoms with Crippen molar-refractivity contribution in [3.8, 4) is 11.1 Å². The van der Waals surface area contributed by atoms with Gasteiger partial charge in [-0.1, -0.05) is 146 Å². The monoisotopic (exact) mass is 690 g/mol. The molecule has 1 atom stereocenters. The highest BCUT2D eigenvalue weighted by Gasteiger charge is 2.26. The summed E-state index contributed by atoms with van der Waals surface area (Å²) in [4.78, 5) is 5.65. The molecule has 1 aliphatic carbocycles. The molecule has 8 aromatic carbocycles. The number of fused-ring (bicyclic) bond motifs is 10. The Morgan fingerprint density at radius 3 is 2.17 bits per heavy atom. The number of hydrogen-bond acceptors (Lipinski definition) is 1. The minimum atomic E-state index is 0.282. The molecule has 0 radical (unpaired) electrons. The molecule has 0 spiro atoms. The van der Waals surface area contributed by atoms with Gasteiger partial charge in [-0.3, -0.25) is 4.57 Å². The lowest BCUT2D eigenvalue weighted by Crippen LogP contribution is -2.15. The Hall–Kier alpha value is -6.51. The summed E-state index contributed by atoms with van der Waals surface area (Å²) in [6.07, 6.45) is 6.43. The number of aliphatic imine (C=N–C) groups is 1. The van der Waals surface area contributed by atoms with Crippen molar-refractivity contribution in [2.75, 3.05) is 0 Å². The quantitative estimate of drug-likeness (QED) is 0.172. The molecule has 0 N–H and O–H groups in total. The molecular weight excluding hydrogens is 653 g/mol. The first-order valence-electron chi connectivity index (χ1n) is 19.3. The van der Waals surface area contributed by atoms with Crippen LogP contribution < -0.4 is 0 Å². The molecule has 0 fully saturated rings. The van der Waals surface area contributed by atoms with Crippen molar-refractivity contribution in [3.05, 3.63) is 204 Å². The summed E-state index contributed by atoms with van der Waals surface area (Å²) in [5.41, 5.74) is 14.0. The van der Waals surface area contributed by atoms with Crippen molar-refractivity contribution in [2.45, 2.75) is 31.6 Å². The molecule has 256 valence electrons.